The number of halogens is 1. The largest absolute Gasteiger partial charge is 0.488 e. The molecule has 0 radical (unpaired) electrons. The van der Waals surface area contributed by atoms with Crippen molar-refractivity contribution in [1.29, 1.82) is 0 Å². The fraction of sp³-hybridized carbons (Fsp3) is 0.385. The van der Waals surface area contributed by atoms with Crippen molar-refractivity contribution >= 4 is 33.3 Å². The molecule has 1 aromatic heterocycles. The number of rotatable bonds is 8. The van der Waals surface area contributed by atoms with Gasteiger partial charge in [-0.2, -0.15) is 0 Å². The molecule has 2 heterocycles. The number of ketones is 3. The third-order valence-electron chi connectivity index (χ3n) is 10.9. The molecule has 0 spiro atoms. The summed E-state index contributed by atoms with van der Waals surface area (Å²) in [5.41, 5.74) is 1.39. The second-order valence-corrected chi connectivity index (χ2v) is 14.9. The van der Waals surface area contributed by atoms with Gasteiger partial charge in [-0.15, -0.1) is 0 Å². The Labute approximate surface area is 298 Å². The first-order chi connectivity index (χ1) is 24.2. The molecule has 3 aromatic carbocycles. The fourth-order valence-corrected chi connectivity index (χ4v) is 9.32. The van der Waals surface area contributed by atoms with E-state index in [0.717, 1.165) is 46.1 Å². The van der Waals surface area contributed by atoms with Crippen LogP contribution in [0.15, 0.2) is 75.7 Å². The number of Topliss-reactive ketones (excluding diaryl/α,β-unsaturated/α-hetero) is 3. The van der Waals surface area contributed by atoms with Crippen molar-refractivity contribution in [2.45, 2.75) is 56.6 Å². The minimum Gasteiger partial charge on any atom is -0.488 e. The molecular formula is C39H38BrN3O7. The second kappa shape index (κ2) is 12.9. The average Bonchev–Trinajstić information content (AvgIpc) is 3.81. The highest BCUT2D eigenvalue weighted by Gasteiger charge is 2.67. The molecule has 4 aliphatic rings. The van der Waals surface area contributed by atoms with E-state index in [1.807, 2.05) is 85.7 Å². The Hall–Kier alpha value is -4.16. The van der Waals surface area contributed by atoms with Crippen LogP contribution in [-0.2, 0) is 24.4 Å². The van der Waals surface area contributed by atoms with E-state index in [2.05, 4.69) is 26.4 Å². The standard InChI is InChI=1S/C39H38BrN3O7/c1-43(2)33-26-17-23-16-25-30(28(48-19-21-10-5-3-6-11-21)18-24(32(25)40)27-14-9-15-41-27)34(44)29(23)36(45)39(26,47)37(46)31-35(33)50-42-38(31)49-20-22-12-7-4-8-13-22/h3-8,10-13,18,23,26-27,29,33,41,47H,9,14-17,19-20H2,1-2H3. The highest BCUT2D eigenvalue weighted by Crippen LogP contribution is 2.56. The highest BCUT2D eigenvalue weighted by molar-refractivity contribution is 9.10. The molecule has 3 aliphatic carbocycles. The number of carbonyl (C=O) groups is 3. The molecule has 10 nitrogen and oxygen atoms in total. The van der Waals surface area contributed by atoms with Crippen LogP contribution < -0.4 is 14.8 Å². The van der Waals surface area contributed by atoms with Crippen LogP contribution in [0.3, 0.4) is 0 Å². The first kappa shape index (κ1) is 33.0. The Morgan fingerprint density at radius 1 is 1.00 bits per heavy atom. The van der Waals surface area contributed by atoms with Crippen molar-refractivity contribution in [3.8, 4) is 11.6 Å². The summed E-state index contributed by atoms with van der Waals surface area (Å²) in [6.07, 6.45) is 2.63. The van der Waals surface area contributed by atoms with Crippen molar-refractivity contribution in [2.24, 2.45) is 17.8 Å². The van der Waals surface area contributed by atoms with Crippen LogP contribution in [0, 0.1) is 17.8 Å². The van der Waals surface area contributed by atoms with Gasteiger partial charge in [0, 0.05) is 16.4 Å². The van der Waals surface area contributed by atoms with Crippen molar-refractivity contribution < 1.29 is 33.5 Å². The quantitative estimate of drug-likeness (QED) is 0.214. The molecule has 6 unspecified atom stereocenters. The zero-order valence-electron chi connectivity index (χ0n) is 27.9. The lowest BCUT2D eigenvalue weighted by atomic mass is 9.54. The maximum atomic E-state index is 14.7. The zero-order chi connectivity index (χ0) is 34.7. The fourth-order valence-electron chi connectivity index (χ4n) is 8.57. The van der Waals surface area contributed by atoms with Crippen LogP contribution in [0.25, 0.3) is 0 Å². The Kier molecular flexibility index (Phi) is 8.49. The molecule has 1 saturated heterocycles. The summed E-state index contributed by atoms with van der Waals surface area (Å²) in [5, 5.41) is 20.1. The van der Waals surface area contributed by atoms with Gasteiger partial charge in [0.2, 0.25) is 5.78 Å². The van der Waals surface area contributed by atoms with E-state index < -0.39 is 46.7 Å². The van der Waals surface area contributed by atoms with E-state index in [1.165, 1.54) is 0 Å². The molecule has 1 aliphatic heterocycles. The topological polar surface area (TPSA) is 131 Å². The van der Waals surface area contributed by atoms with Gasteiger partial charge in [-0.25, -0.2) is 0 Å². The number of aromatic nitrogens is 1. The van der Waals surface area contributed by atoms with Crippen LogP contribution in [0.1, 0.15) is 80.1 Å². The number of hydrogen-bond acceptors (Lipinski definition) is 10. The number of nitrogens with zero attached hydrogens (tertiary/aromatic N) is 2. The Bertz CT molecular complexity index is 1970. The van der Waals surface area contributed by atoms with Crippen LogP contribution in [0.4, 0.5) is 0 Å². The van der Waals surface area contributed by atoms with E-state index >= 15 is 0 Å². The van der Waals surface area contributed by atoms with E-state index in [0.29, 0.717) is 17.7 Å². The monoisotopic (exact) mass is 739 g/mol. The van der Waals surface area contributed by atoms with Gasteiger partial charge in [-0.1, -0.05) is 76.6 Å². The summed E-state index contributed by atoms with van der Waals surface area (Å²) in [5.74, 6) is -4.06. The third-order valence-corrected chi connectivity index (χ3v) is 11.9. The van der Waals surface area contributed by atoms with Gasteiger partial charge >= 0.3 is 0 Å². The number of hydrogen-bond donors (Lipinski definition) is 2. The van der Waals surface area contributed by atoms with Crippen molar-refractivity contribution in [2.75, 3.05) is 20.6 Å². The molecule has 2 fully saturated rings. The summed E-state index contributed by atoms with van der Waals surface area (Å²) < 4.78 is 19.0. The summed E-state index contributed by atoms with van der Waals surface area (Å²) in [7, 11) is 3.62. The number of ether oxygens (including phenoxy) is 2. The first-order valence-corrected chi connectivity index (χ1v) is 17.9. The van der Waals surface area contributed by atoms with Gasteiger partial charge in [-0.05, 0) is 85.7 Å². The second-order valence-electron chi connectivity index (χ2n) is 14.1. The zero-order valence-corrected chi connectivity index (χ0v) is 29.4. The Morgan fingerprint density at radius 2 is 1.68 bits per heavy atom. The van der Waals surface area contributed by atoms with Gasteiger partial charge in [0.15, 0.2) is 22.9 Å². The van der Waals surface area contributed by atoms with E-state index in [4.69, 9.17) is 14.0 Å². The molecule has 8 rings (SSSR count). The number of benzene rings is 3. The van der Waals surface area contributed by atoms with E-state index in [1.54, 1.807) is 0 Å². The minimum absolute atomic E-state index is 0.0582. The lowest BCUT2D eigenvalue weighted by Gasteiger charge is -2.51. The maximum Gasteiger partial charge on any atom is 0.265 e. The molecule has 11 heteroatoms. The van der Waals surface area contributed by atoms with Crippen molar-refractivity contribution in [3.63, 3.8) is 0 Å². The predicted molar refractivity (Wildman–Crippen MR) is 186 cm³/mol. The molecule has 4 aromatic rings. The van der Waals surface area contributed by atoms with E-state index in [-0.39, 0.29) is 42.9 Å². The molecule has 1 saturated carbocycles. The third kappa shape index (κ3) is 5.25. The van der Waals surface area contributed by atoms with Crippen molar-refractivity contribution in [1.82, 2.24) is 15.4 Å². The molecule has 50 heavy (non-hydrogen) atoms. The molecule has 258 valence electrons. The van der Waals surface area contributed by atoms with E-state index in [9.17, 15) is 19.5 Å². The van der Waals surface area contributed by atoms with Crippen LogP contribution >= 0.6 is 15.9 Å². The molecule has 2 N–H and O–H groups in total. The lowest BCUT2D eigenvalue weighted by Crippen LogP contribution is -2.66. The summed E-state index contributed by atoms with van der Waals surface area (Å²) in [4.78, 5) is 45.7. The Balaban J connectivity index is 1.19. The molecule has 0 bridgehead atoms. The minimum atomic E-state index is -2.48. The van der Waals surface area contributed by atoms with Crippen molar-refractivity contribution in [3.05, 3.63) is 110 Å². The van der Waals surface area contributed by atoms with Crippen LogP contribution in [-0.4, -0.2) is 58.8 Å². The van der Waals surface area contributed by atoms with Crippen LogP contribution in [0.2, 0.25) is 0 Å². The number of nitrogens with one attached hydrogen (secondary N) is 1. The summed E-state index contributed by atoms with van der Waals surface area (Å²) in [6.45, 7) is 1.24. The number of carbonyl (C=O) groups excluding carboxylic acids is 3. The van der Waals surface area contributed by atoms with Gasteiger partial charge in [0.1, 0.15) is 24.5 Å². The SMILES string of the molecule is CN(C)C1c2onc(OCc3ccccc3)c2C(=O)C2(O)C(=O)C3C(=O)c4c(OCc5ccccc5)cc(C5CCCN5)c(Br)c4CC3CC12. The Morgan fingerprint density at radius 3 is 2.32 bits per heavy atom. The average molecular weight is 741 g/mol. The summed E-state index contributed by atoms with van der Waals surface area (Å²) >= 11 is 3.86. The predicted octanol–water partition coefficient (Wildman–Crippen LogP) is 5.81. The smallest absolute Gasteiger partial charge is 0.265 e. The molecular weight excluding hydrogens is 702 g/mol. The first-order valence-electron chi connectivity index (χ1n) is 17.1. The molecule has 0 amide bonds. The lowest BCUT2D eigenvalue weighted by molar-refractivity contribution is -0.153. The highest BCUT2D eigenvalue weighted by atomic mass is 79.9. The summed E-state index contributed by atoms with van der Waals surface area (Å²) in [6, 6.07) is 20.4. The number of fused-ring (bicyclic) bond motifs is 4. The van der Waals surface area contributed by atoms with Gasteiger partial charge in [0.25, 0.3) is 5.88 Å². The van der Waals surface area contributed by atoms with Crippen LogP contribution in [0.5, 0.6) is 11.6 Å². The van der Waals surface area contributed by atoms with Gasteiger partial charge in [-0.3, -0.25) is 19.3 Å². The normalized spacial score (nSPS) is 27.1. The molecule has 6 atom stereocenters. The van der Waals surface area contributed by atoms with Gasteiger partial charge in [0.05, 0.1) is 17.5 Å². The van der Waals surface area contributed by atoms with Gasteiger partial charge < -0.3 is 24.4 Å². The maximum absolute atomic E-state index is 14.7. The number of aliphatic hydroxyl groups is 1.